The number of amides is 1. The van der Waals surface area contributed by atoms with Gasteiger partial charge in [-0.15, -0.1) is 0 Å². The third-order valence-corrected chi connectivity index (χ3v) is 5.08. The van der Waals surface area contributed by atoms with Gasteiger partial charge in [-0.2, -0.15) is 8.42 Å². The van der Waals surface area contributed by atoms with Crippen molar-refractivity contribution in [1.29, 1.82) is 0 Å². The highest BCUT2D eigenvalue weighted by atomic mass is 32.2. The number of nitro benzene ring substituents is 1. The Bertz CT molecular complexity index is 1240. The lowest BCUT2D eigenvalue weighted by molar-refractivity contribution is -0.385. The van der Waals surface area contributed by atoms with E-state index in [1.54, 1.807) is 6.07 Å². The summed E-state index contributed by atoms with van der Waals surface area (Å²) in [5.41, 5.74) is 0.427. The van der Waals surface area contributed by atoms with Crippen molar-refractivity contribution in [3.63, 3.8) is 0 Å². The third kappa shape index (κ3) is 3.50. The van der Waals surface area contributed by atoms with E-state index in [-0.39, 0.29) is 27.7 Å². The van der Waals surface area contributed by atoms with Crippen molar-refractivity contribution in [3.05, 3.63) is 69.8 Å². The molecule has 28 heavy (non-hydrogen) atoms. The first-order valence-electron chi connectivity index (χ1n) is 7.88. The molecule has 0 atom stereocenters. The first-order valence-corrected chi connectivity index (χ1v) is 9.32. The number of nitrogens with zero attached hydrogens (tertiary/aromatic N) is 1. The zero-order valence-corrected chi connectivity index (χ0v) is 15.2. The molecule has 0 aliphatic rings. The zero-order chi connectivity index (χ0) is 20.6. The number of rotatable bonds is 4. The monoisotopic (exact) mass is 402 g/mol. The molecular weight excluding hydrogens is 388 g/mol. The summed E-state index contributed by atoms with van der Waals surface area (Å²) < 4.78 is 32.6. The van der Waals surface area contributed by atoms with Gasteiger partial charge in [-0.05, 0) is 19.1 Å². The van der Waals surface area contributed by atoms with E-state index in [1.807, 2.05) is 0 Å². The number of phenolic OH excluding ortho intramolecular Hbond substituents is 1. The predicted octanol–water partition coefficient (Wildman–Crippen LogP) is 3.26. The second-order valence-corrected chi connectivity index (χ2v) is 7.36. The molecule has 3 rings (SSSR count). The molecule has 0 saturated carbocycles. The molecule has 144 valence electrons. The number of hydrogen-bond donors (Lipinski definition) is 3. The molecule has 1 amide bonds. The molecule has 0 spiro atoms. The molecule has 3 N–H and O–H groups in total. The van der Waals surface area contributed by atoms with E-state index in [0.29, 0.717) is 5.56 Å². The Balaban J connectivity index is 2.07. The molecule has 0 radical (unpaired) electrons. The molecule has 0 bridgehead atoms. The Hall–Kier alpha value is -3.50. The van der Waals surface area contributed by atoms with Crippen molar-refractivity contribution >= 4 is 38.2 Å². The number of aryl methyl sites for hydroxylation is 1. The highest BCUT2D eigenvalue weighted by Crippen LogP contribution is 2.36. The lowest BCUT2D eigenvalue weighted by atomic mass is 10.1. The standard InChI is InChI=1S/C18H14N2O7S/c1-10-8-11(6-7-15(10)20(23)24)18(22)19-14-9-16(21)17(28(25,26)27)13-5-3-2-4-12(13)14/h2-9,21H,1H3,(H,19,22)(H,25,26,27). The Morgan fingerprint density at radius 3 is 2.32 bits per heavy atom. The highest BCUT2D eigenvalue weighted by molar-refractivity contribution is 7.86. The van der Waals surface area contributed by atoms with Crippen LogP contribution in [0.3, 0.4) is 0 Å². The smallest absolute Gasteiger partial charge is 0.298 e. The molecule has 0 aliphatic heterocycles. The van der Waals surface area contributed by atoms with Gasteiger partial charge >= 0.3 is 0 Å². The van der Waals surface area contributed by atoms with Crippen LogP contribution in [-0.2, 0) is 10.1 Å². The fourth-order valence-electron chi connectivity index (χ4n) is 2.90. The number of hydrogen-bond acceptors (Lipinski definition) is 6. The van der Waals surface area contributed by atoms with Gasteiger partial charge in [0.2, 0.25) is 0 Å². The van der Waals surface area contributed by atoms with E-state index in [1.165, 1.54) is 43.3 Å². The fourth-order valence-corrected chi connectivity index (χ4v) is 3.68. The fraction of sp³-hybridized carbons (Fsp3) is 0.0556. The maximum atomic E-state index is 12.6. The Morgan fingerprint density at radius 1 is 1.11 bits per heavy atom. The van der Waals surface area contributed by atoms with Gasteiger partial charge in [0.25, 0.3) is 21.7 Å². The van der Waals surface area contributed by atoms with Crippen LogP contribution in [0, 0.1) is 17.0 Å². The molecule has 3 aromatic rings. The molecule has 0 saturated heterocycles. The van der Waals surface area contributed by atoms with Crippen LogP contribution in [0.15, 0.2) is 53.4 Å². The van der Waals surface area contributed by atoms with Gasteiger partial charge < -0.3 is 10.4 Å². The van der Waals surface area contributed by atoms with Crippen LogP contribution < -0.4 is 5.32 Å². The average molecular weight is 402 g/mol. The minimum absolute atomic E-state index is 0.0279. The van der Waals surface area contributed by atoms with Crippen LogP contribution >= 0.6 is 0 Å². The number of carbonyl (C=O) groups excluding carboxylic acids is 1. The second kappa shape index (κ2) is 6.91. The zero-order valence-electron chi connectivity index (χ0n) is 14.4. The summed E-state index contributed by atoms with van der Waals surface area (Å²) in [5, 5.41) is 23.8. The second-order valence-electron chi connectivity index (χ2n) is 6.01. The van der Waals surface area contributed by atoms with Gasteiger partial charge in [0, 0.05) is 34.0 Å². The Labute approximate surface area is 159 Å². The SMILES string of the molecule is Cc1cc(C(=O)Nc2cc(O)c(S(=O)(=O)O)c3ccccc23)ccc1[N+](=O)[O-]. The van der Waals surface area contributed by atoms with Crippen molar-refractivity contribution < 1.29 is 27.8 Å². The normalized spacial score (nSPS) is 11.4. The summed E-state index contributed by atoms with van der Waals surface area (Å²) in [6.07, 6.45) is 0. The van der Waals surface area contributed by atoms with Gasteiger partial charge in [-0.25, -0.2) is 0 Å². The van der Waals surface area contributed by atoms with Crippen molar-refractivity contribution in [1.82, 2.24) is 0 Å². The summed E-state index contributed by atoms with van der Waals surface area (Å²) in [5.74, 6) is -1.33. The summed E-state index contributed by atoms with van der Waals surface area (Å²) >= 11 is 0. The largest absolute Gasteiger partial charge is 0.506 e. The van der Waals surface area contributed by atoms with Crippen LogP contribution in [0.1, 0.15) is 15.9 Å². The molecule has 10 heteroatoms. The number of carbonyl (C=O) groups is 1. The van der Waals surface area contributed by atoms with E-state index >= 15 is 0 Å². The molecule has 0 aromatic heterocycles. The van der Waals surface area contributed by atoms with E-state index in [0.717, 1.165) is 6.07 Å². The van der Waals surface area contributed by atoms with E-state index in [2.05, 4.69) is 5.32 Å². The quantitative estimate of drug-likeness (QED) is 0.345. The molecule has 3 aromatic carbocycles. The van der Waals surface area contributed by atoms with Gasteiger partial charge in [0.05, 0.1) is 10.6 Å². The average Bonchev–Trinajstić information content (AvgIpc) is 2.60. The van der Waals surface area contributed by atoms with Gasteiger partial charge in [-0.1, -0.05) is 24.3 Å². The van der Waals surface area contributed by atoms with Crippen LogP contribution in [-0.4, -0.2) is 28.9 Å². The Morgan fingerprint density at radius 2 is 1.75 bits per heavy atom. The third-order valence-electron chi connectivity index (χ3n) is 4.14. The van der Waals surface area contributed by atoms with Crippen LogP contribution in [0.2, 0.25) is 0 Å². The molecule has 0 heterocycles. The highest BCUT2D eigenvalue weighted by Gasteiger charge is 2.22. The summed E-state index contributed by atoms with van der Waals surface area (Å²) in [4.78, 5) is 22.2. The predicted molar refractivity (Wildman–Crippen MR) is 101 cm³/mol. The van der Waals surface area contributed by atoms with Gasteiger partial charge in [0.1, 0.15) is 10.6 Å². The first kappa shape index (κ1) is 19.3. The number of benzene rings is 3. The van der Waals surface area contributed by atoms with E-state index in [9.17, 15) is 33.0 Å². The lowest BCUT2D eigenvalue weighted by Crippen LogP contribution is -2.13. The molecular formula is C18H14N2O7S. The number of nitrogens with one attached hydrogen (secondary N) is 1. The lowest BCUT2D eigenvalue weighted by Gasteiger charge is -2.13. The topological polar surface area (TPSA) is 147 Å². The number of nitro groups is 1. The molecule has 0 fully saturated rings. The van der Waals surface area contributed by atoms with Gasteiger partial charge in [0.15, 0.2) is 0 Å². The minimum atomic E-state index is -4.70. The molecule has 0 aliphatic carbocycles. The van der Waals surface area contributed by atoms with Crippen molar-refractivity contribution in [2.45, 2.75) is 11.8 Å². The first-order chi connectivity index (χ1) is 13.1. The number of fused-ring (bicyclic) bond motifs is 1. The maximum absolute atomic E-state index is 12.6. The summed E-state index contributed by atoms with van der Waals surface area (Å²) in [7, 11) is -4.70. The molecule has 0 unspecified atom stereocenters. The maximum Gasteiger partial charge on any atom is 0.298 e. The van der Waals surface area contributed by atoms with E-state index in [4.69, 9.17) is 0 Å². The summed E-state index contributed by atoms with van der Waals surface area (Å²) in [6, 6.07) is 10.9. The summed E-state index contributed by atoms with van der Waals surface area (Å²) in [6.45, 7) is 1.50. The number of phenols is 1. The van der Waals surface area contributed by atoms with Gasteiger partial charge in [-0.3, -0.25) is 19.5 Å². The van der Waals surface area contributed by atoms with Crippen molar-refractivity contribution in [2.24, 2.45) is 0 Å². The van der Waals surface area contributed by atoms with Crippen LogP contribution in [0.4, 0.5) is 11.4 Å². The van der Waals surface area contributed by atoms with E-state index < -0.39 is 31.6 Å². The molecule has 9 nitrogen and oxygen atoms in total. The van der Waals surface area contributed by atoms with Crippen LogP contribution in [0.5, 0.6) is 5.75 Å². The Kier molecular flexibility index (Phi) is 4.75. The number of anilines is 1. The van der Waals surface area contributed by atoms with Crippen LogP contribution in [0.25, 0.3) is 10.8 Å². The van der Waals surface area contributed by atoms with Crippen molar-refractivity contribution in [2.75, 3.05) is 5.32 Å². The number of aromatic hydroxyl groups is 1. The van der Waals surface area contributed by atoms with Crippen molar-refractivity contribution in [3.8, 4) is 5.75 Å². The minimum Gasteiger partial charge on any atom is -0.506 e.